The van der Waals surface area contributed by atoms with E-state index in [9.17, 15) is 14.9 Å². The molecule has 1 aliphatic heterocycles. The summed E-state index contributed by atoms with van der Waals surface area (Å²) in [5.74, 6) is -0.180. The number of hydrogen-bond acceptors (Lipinski definition) is 7. The third kappa shape index (κ3) is 4.95. The quantitative estimate of drug-likeness (QED) is 0.459. The number of nitrogens with one attached hydrogen (secondary N) is 1. The normalized spacial score (nSPS) is 17.9. The van der Waals surface area contributed by atoms with Crippen LogP contribution in [0.25, 0.3) is 0 Å². The Morgan fingerprint density at radius 1 is 1.25 bits per heavy atom. The second-order valence-electron chi connectivity index (χ2n) is 6.36. The highest BCUT2D eigenvalue weighted by Gasteiger charge is 2.30. The van der Waals surface area contributed by atoms with Crippen molar-refractivity contribution in [1.29, 1.82) is 0 Å². The van der Waals surface area contributed by atoms with Crippen molar-refractivity contribution in [3.63, 3.8) is 0 Å². The molecule has 1 amide bonds. The van der Waals surface area contributed by atoms with E-state index in [0.717, 1.165) is 16.8 Å². The Hall–Kier alpha value is -3.20. The highest BCUT2D eigenvalue weighted by atomic mass is 32.2. The molecule has 0 saturated carbocycles. The summed E-state index contributed by atoms with van der Waals surface area (Å²) in [5, 5.41) is 21.7. The van der Waals surface area contributed by atoms with Gasteiger partial charge in [0.05, 0.1) is 16.4 Å². The van der Waals surface area contributed by atoms with Crippen molar-refractivity contribution in [2.45, 2.75) is 11.7 Å². The number of thioether (sulfide) groups is 1. The average Bonchev–Trinajstić information content (AvgIpc) is 3.01. The van der Waals surface area contributed by atoms with Gasteiger partial charge in [0.1, 0.15) is 0 Å². The number of amides is 1. The molecule has 2 aromatic rings. The van der Waals surface area contributed by atoms with Gasteiger partial charge in [0.15, 0.2) is 5.17 Å². The maximum Gasteiger partial charge on any atom is 0.269 e. The van der Waals surface area contributed by atoms with E-state index in [4.69, 9.17) is 0 Å². The maximum absolute atomic E-state index is 12.1. The van der Waals surface area contributed by atoms with E-state index in [1.807, 2.05) is 43.3 Å². The fourth-order valence-electron chi connectivity index (χ4n) is 2.60. The van der Waals surface area contributed by atoms with Gasteiger partial charge in [-0.25, -0.2) is 0 Å². The molecule has 1 aliphatic rings. The van der Waals surface area contributed by atoms with Gasteiger partial charge in [0, 0.05) is 31.9 Å². The Labute approximate surface area is 166 Å². The van der Waals surface area contributed by atoms with E-state index in [1.54, 1.807) is 18.3 Å². The molecule has 1 saturated heterocycles. The summed E-state index contributed by atoms with van der Waals surface area (Å²) in [7, 11) is 3.94. The van der Waals surface area contributed by atoms with Gasteiger partial charge >= 0.3 is 0 Å². The smallest absolute Gasteiger partial charge is 0.269 e. The number of nitrogens with zero attached hydrogens (tertiary/aromatic N) is 4. The Kier molecular flexibility index (Phi) is 6.05. The number of hydrogen-bond donors (Lipinski definition) is 1. The Morgan fingerprint density at radius 3 is 2.68 bits per heavy atom. The Morgan fingerprint density at radius 2 is 2.00 bits per heavy atom. The van der Waals surface area contributed by atoms with E-state index in [2.05, 4.69) is 15.5 Å². The first-order valence-electron chi connectivity index (χ1n) is 8.51. The number of carbonyl (C=O) groups excluding carboxylic acids is 1. The molecule has 1 N–H and O–H groups in total. The van der Waals surface area contributed by atoms with Crippen molar-refractivity contribution in [3.05, 3.63) is 69.8 Å². The molecule has 0 spiro atoms. The molecular weight excluding hydrogens is 378 g/mol. The van der Waals surface area contributed by atoms with Crippen LogP contribution in [0.5, 0.6) is 0 Å². The molecule has 8 nitrogen and oxygen atoms in total. The molecule has 1 fully saturated rings. The fraction of sp³-hybridized carbons (Fsp3) is 0.211. The zero-order chi connectivity index (χ0) is 20.1. The summed E-state index contributed by atoms with van der Waals surface area (Å²) >= 11 is 1.27. The summed E-state index contributed by atoms with van der Waals surface area (Å²) in [6, 6.07) is 14.1. The molecule has 0 bridgehead atoms. The van der Waals surface area contributed by atoms with Gasteiger partial charge in [-0.2, -0.15) is 5.10 Å². The lowest BCUT2D eigenvalue weighted by atomic mass is 10.1. The summed E-state index contributed by atoms with van der Waals surface area (Å²) in [4.78, 5) is 24.6. The fourth-order valence-corrected chi connectivity index (χ4v) is 3.57. The van der Waals surface area contributed by atoms with Gasteiger partial charge in [0.2, 0.25) is 5.91 Å². The predicted molar refractivity (Wildman–Crippen MR) is 112 cm³/mol. The van der Waals surface area contributed by atoms with Gasteiger partial charge in [-0.15, -0.1) is 5.10 Å². The number of carbonyl (C=O) groups is 1. The number of amidine groups is 1. The minimum Gasteiger partial charge on any atom is -0.378 e. The monoisotopic (exact) mass is 397 g/mol. The van der Waals surface area contributed by atoms with E-state index in [-0.39, 0.29) is 11.6 Å². The van der Waals surface area contributed by atoms with Crippen LogP contribution < -0.4 is 10.2 Å². The van der Waals surface area contributed by atoms with Crippen molar-refractivity contribution in [2.24, 2.45) is 10.2 Å². The Balaban J connectivity index is 1.62. The van der Waals surface area contributed by atoms with Crippen molar-refractivity contribution >= 4 is 40.4 Å². The standard InChI is InChI=1S/C19H19N5O3S/c1-23(2)15-8-6-13(7-9-15)12-20-22-19-21-18(25)17(28-19)11-14-4-3-5-16(10-14)24(26)27/h3-10,12,17H,11H2,1-2H3,(H,21,22,25)/t17-/m1/s1. The van der Waals surface area contributed by atoms with Crippen LogP contribution >= 0.6 is 11.8 Å². The van der Waals surface area contributed by atoms with Crippen LogP contribution in [-0.4, -0.2) is 41.6 Å². The van der Waals surface area contributed by atoms with Gasteiger partial charge in [0.25, 0.3) is 5.69 Å². The lowest BCUT2D eigenvalue weighted by Crippen LogP contribution is -2.25. The van der Waals surface area contributed by atoms with Crippen LogP contribution in [0.1, 0.15) is 11.1 Å². The Bertz CT molecular complexity index is 941. The minimum absolute atomic E-state index is 0.0136. The molecule has 1 atom stereocenters. The van der Waals surface area contributed by atoms with Crippen molar-refractivity contribution in [1.82, 2.24) is 5.32 Å². The van der Waals surface area contributed by atoms with Gasteiger partial charge in [-0.1, -0.05) is 36.0 Å². The second-order valence-corrected chi connectivity index (χ2v) is 7.55. The van der Waals surface area contributed by atoms with E-state index >= 15 is 0 Å². The zero-order valence-electron chi connectivity index (χ0n) is 15.4. The summed E-state index contributed by atoms with van der Waals surface area (Å²) in [6.45, 7) is 0. The van der Waals surface area contributed by atoms with Crippen LogP contribution in [0.4, 0.5) is 11.4 Å². The topological polar surface area (TPSA) is 100 Å². The lowest BCUT2D eigenvalue weighted by Gasteiger charge is -2.11. The van der Waals surface area contributed by atoms with Gasteiger partial charge in [-0.05, 0) is 29.7 Å². The van der Waals surface area contributed by atoms with Crippen LogP contribution in [0, 0.1) is 10.1 Å². The molecule has 0 aliphatic carbocycles. The second kappa shape index (κ2) is 8.66. The van der Waals surface area contributed by atoms with Crippen molar-refractivity contribution in [2.75, 3.05) is 19.0 Å². The molecule has 28 heavy (non-hydrogen) atoms. The van der Waals surface area contributed by atoms with E-state index in [0.29, 0.717) is 11.6 Å². The molecule has 3 rings (SSSR count). The van der Waals surface area contributed by atoms with Crippen LogP contribution in [-0.2, 0) is 11.2 Å². The predicted octanol–water partition coefficient (Wildman–Crippen LogP) is 2.83. The first kappa shape index (κ1) is 19.6. The minimum atomic E-state index is -0.446. The number of non-ortho nitro benzene ring substituents is 1. The summed E-state index contributed by atoms with van der Waals surface area (Å²) in [6.07, 6.45) is 2.00. The number of nitro groups is 1. The molecule has 144 valence electrons. The molecule has 2 aromatic carbocycles. The van der Waals surface area contributed by atoms with Crippen LogP contribution in [0.3, 0.4) is 0 Å². The third-order valence-corrected chi connectivity index (χ3v) is 5.16. The number of benzene rings is 2. The molecule has 1 heterocycles. The largest absolute Gasteiger partial charge is 0.378 e. The zero-order valence-corrected chi connectivity index (χ0v) is 16.2. The van der Waals surface area contributed by atoms with Crippen molar-refractivity contribution < 1.29 is 9.72 Å². The number of anilines is 1. The molecule has 0 unspecified atom stereocenters. The maximum atomic E-state index is 12.1. The summed E-state index contributed by atoms with van der Waals surface area (Å²) in [5.41, 5.74) is 2.73. The highest BCUT2D eigenvalue weighted by molar-refractivity contribution is 8.15. The van der Waals surface area contributed by atoms with Crippen LogP contribution in [0.15, 0.2) is 58.7 Å². The highest BCUT2D eigenvalue weighted by Crippen LogP contribution is 2.25. The average molecular weight is 397 g/mol. The number of rotatable bonds is 6. The van der Waals surface area contributed by atoms with E-state index < -0.39 is 10.2 Å². The van der Waals surface area contributed by atoms with E-state index in [1.165, 1.54) is 23.9 Å². The molecule has 0 aromatic heterocycles. The summed E-state index contributed by atoms with van der Waals surface area (Å²) < 4.78 is 0. The van der Waals surface area contributed by atoms with Crippen molar-refractivity contribution in [3.8, 4) is 0 Å². The third-order valence-electron chi connectivity index (χ3n) is 4.08. The molecular formula is C19H19N5O3S. The van der Waals surface area contributed by atoms with Gasteiger partial charge < -0.3 is 10.2 Å². The first-order chi connectivity index (χ1) is 13.4. The number of nitro benzene ring substituents is 1. The SMILES string of the molecule is CN(C)c1ccc(C=N/N=C2\NC(=O)[C@@H](Cc3cccc([N+](=O)[O-])c3)S2)cc1. The lowest BCUT2D eigenvalue weighted by molar-refractivity contribution is -0.384. The molecule has 9 heteroatoms. The molecule has 0 radical (unpaired) electrons. The van der Waals surface area contributed by atoms with Gasteiger partial charge in [-0.3, -0.25) is 14.9 Å². The van der Waals surface area contributed by atoms with Crippen LogP contribution in [0.2, 0.25) is 0 Å². The first-order valence-corrected chi connectivity index (χ1v) is 9.39.